The van der Waals surface area contributed by atoms with Crippen molar-refractivity contribution in [3.05, 3.63) is 59.4 Å². The van der Waals surface area contributed by atoms with Crippen LogP contribution in [0.3, 0.4) is 0 Å². The third-order valence-corrected chi connectivity index (χ3v) is 5.28. The zero-order valence-electron chi connectivity index (χ0n) is 13.8. The lowest BCUT2D eigenvalue weighted by atomic mass is 10.2. The average molecular weight is 392 g/mol. The van der Waals surface area contributed by atoms with Gasteiger partial charge in [0.15, 0.2) is 5.17 Å². The van der Waals surface area contributed by atoms with Gasteiger partial charge in [0.2, 0.25) is 11.8 Å². The summed E-state index contributed by atoms with van der Waals surface area (Å²) < 4.78 is 13.6. The molecule has 1 saturated heterocycles. The quantitative estimate of drug-likeness (QED) is 0.854. The summed E-state index contributed by atoms with van der Waals surface area (Å²) in [6.45, 7) is 0. The maximum atomic E-state index is 13.6. The van der Waals surface area contributed by atoms with Crippen LogP contribution in [0, 0.1) is 5.82 Å². The van der Waals surface area contributed by atoms with E-state index in [1.807, 2.05) is 0 Å². The highest BCUT2D eigenvalue weighted by Crippen LogP contribution is 2.33. The summed E-state index contributed by atoms with van der Waals surface area (Å²) in [6.07, 6.45) is -0.0796. The Labute approximate surface area is 159 Å². The summed E-state index contributed by atoms with van der Waals surface area (Å²) in [4.78, 5) is 30.4. The second kappa shape index (κ2) is 7.88. The molecule has 1 aliphatic rings. The molecule has 1 unspecified atom stereocenters. The number of carbonyl (C=O) groups excluding carboxylic acids is 2. The third kappa shape index (κ3) is 4.05. The number of carbonyl (C=O) groups is 2. The molecule has 2 amide bonds. The van der Waals surface area contributed by atoms with Gasteiger partial charge in [-0.1, -0.05) is 47.6 Å². The molecule has 1 atom stereocenters. The van der Waals surface area contributed by atoms with Crippen molar-refractivity contribution < 1.29 is 14.0 Å². The molecule has 2 aromatic carbocycles. The Morgan fingerprint density at radius 3 is 2.69 bits per heavy atom. The Balaban J connectivity index is 1.70. The van der Waals surface area contributed by atoms with Crippen LogP contribution in [0.2, 0.25) is 5.02 Å². The fraction of sp³-hybridized carbons (Fsp3) is 0.167. The van der Waals surface area contributed by atoms with E-state index in [0.717, 1.165) is 0 Å². The van der Waals surface area contributed by atoms with E-state index in [4.69, 9.17) is 11.6 Å². The number of amides is 2. The number of thioether (sulfide) groups is 1. The Hall–Kier alpha value is -2.38. The van der Waals surface area contributed by atoms with Crippen molar-refractivity contribution in [2.75, 3.05) is 12.4 Å². The molecule has 0 aliphatic carbocycles. The minimum atomic E-state index is -0.618. The summed E-state index contributed by atoms with van der Waals surface area (Å²) in [5.74, 6) is -1.19. The molecule has 0 radical (unpaired) electrons. The molecule has 134 valence electrons. The number of nitrogens with zero attached hydrogens (tertiary/aromatic N) is 2. The smallest absolute Gasteiger partial charge is 0.242 e. The topological polar surface area (TPSA) is 61.8 Å². The number of para-hydroxylation sites is 2. The zero-order valence-corrected chi connectivity index (χ0v) is 15.4. The second-order valence-electron chi connectivity index (χ2n) is 5.58. The van der Waals surface area contributed by atoms with Crippen LogP contribution in [0.4, 0.5) is 15.8 Å². The maximum Gasteiger partial charge on any atom is 0.242 e. The van der Waals surface area contributed by atoms with Gasteiger partial charge in [0.05, 0.1) is 16.4 Å². The van der Waals surface area contributed by atoms with Crippen molar-refractivity contribution in [2.24, 2.45) is 4.99 Å². The normalized spacial score (nSPS) is 18.4. The molecule has 1 N–H and O–H groups in total. The standard InChI is InChI=1S/C18H15ClFN3O2S/c1-23-17(25)15(10-16(24)21-14-9-5-3-7-12(14)20)26-18(23)22-13-8-4-2-6-11(13)19/h2-9,15H,10H2,1H3,(H,21,24). The van der Waals surface area contributed by atoms with Gasteiger partial charge in [-0.15, -0.1) is 0 Å². The Kier molecular flexibility index (Phi) is 5.58. The van der Waals surface area contributed by atoms with E-state index in [-0.39, 0.29) is 18.0 Å². The molecule has 1 heterocycles. The molecule has 1 aliphatic heterocycles. The van der Waals surface area contributed by atoms with Crippen LogP contribution < -0.4 is 5.32 Å². The average Bonchev–Trinajstić information content (AvgIpc) is 2.87. The number of halogens is 2. The van der Waals surface area contributed by atoms with Crippen LogP contribution in [0.15, 0.2) is 53.5 Å². The monoisotopic (exact) mass is 391 g/mol. The molecule has 0 bridgehead atoms. The largest absolute Gasteiger partial charge is 0.324 e. The van der Waals surface area contributed by atoms with Crippen molar-refractivity contribution in [3.8, 4) is 0 Å². The first-order chi connectivity index (χ1) is 12.5. The summed E-state index contributed by atoms with van der Waals surface area (Å²) >= 11 is 7.28. The lowest BCUT2D eigenvalue weighted by molar-refractivity contribution is -0.127. The number of hydrogen-bond donors (Lipinski definition) is 1. The third-order valence-electron chi connectivity index (χ3n) is 3.73. The van der Waals surface area contributed by atoms with Crippen LogP contribution in [0.25, 0.3) is 0 Å². The minimum absolute atomic E-state index is 0.0796. The Bertz CT molecular complexity index is 890. The fourth-order valence-electron chi connectivity index (χ4n) is 2.37. The van der Waals surface area contributed by atoms with Gasteiger partial charge in [-0.3, -0.25) is 14.5 Å². The number of amidine groups is 1. The van der Waals surface area contributed by atoms with Crippen LogP contribution in [-0.2, 0) is 9.59 Å². The summed E-state index contributed by atoms with van der Waals surface area (Å²) in [6, 6.07) is 12.9. The zero-order chi connectivity index (χ0) is 18.7. The summed E-state index contributed by atoms with van der Waals surface area (Å²) in [5.41, 5.74) is 0.638. The van der Waals surface area contributed by atoms with Gasteiger partial charge in [-0.05, 0) is 24.3 Å². The first kappa shape index (κ1) is 18.4. The van der Waals surface area contributed by atoms with Gasteiger partial charge in [0, 0.05) is 13.5 Å². The fourth-order valence-corrected chi connectivity index (χ4v) is 3.70. The molecule has 5 nitrogen and oxygen atoms in total. The molecule has 0 spiro atoms. The predicted molar refractivity (Wildman–Crippen MR) is 102 cm³/mol. The lowest BCUT2D eigenvalue weighted by Crippen LogP contribution is -2.30. The summed E-state index contributed by atoms with van der Waals surface area (Å²) in [5, 5.41) is 2.81. The SMILES string of the molecule is CN1C(=O)C(CC(=O)Nc2ccccc2F)SC1=Nc1ccccc1Cl. The van der Waals surface area contributed by atoms with Gasteiger partial charge in [-0.25, -0.2) is 9.38 Å². The lowest BCUT2D eigenvalue weighted by Gasteiger charge is -2.09. The van der Waals surface area contributed by atoms with Gasteiger partial charge in [0.25, 0.3) is 0 Å². The maximum absolute atomic E-state index is 13.6. The van der Waals surface area contributed by atoms with Gasteiger partial charge in [0.1, 0.15) is 11.1 Å². The molecule has 2 aromatic rings. The Morgan fingerprint density at radius 1 is 1.27 bits per heavy atom. The number of anilines is 1. The molecule has 0 saturated carbocycles. The van der Waals surface area contributed by atoms with E-state index in [9.17, 15) is 14.0 Å². The predicted octanol–water partition coefficient (Wildman–Crippen LogP) is 4.07. The molecular weight excluding hydrogens is 377 g/mol. The van der Waals surface area contributed by atoms with E-state index >= 15 is 0 Å². The minimum Gasteiger partial charge on any atom is -0.324 e. The van der Waals surface area contributed by atoms with E-state index in [2.05, 4.69) is 10.3 Å². The first-order valence-corrected chi connectivity index (χ1v) is 9.03. The first-order valence-electron chi connectivity index (χ1n) is 7.77. The molecule has 3 rings (SSSR count). The highest BCUT2D eigenvalue weighted by molar-refractivity contribution is 8.15. The van der Waals surface area contributed by atoms with Gasteiger partial charge < -0.3 is 5.32 Å². The molecule has 8 heteroatoms. The molecule has 1 fully saturated rings. The number of hydrogen-bond acceptors (Lipinski definition) is 4. The van der Waals surface area contributed by atoms with Crippen molar-refractivity contribution >= 4 is 51.7 Å². The molecular formula is C18H15ClFN3O2S. The van der Waals surface area contributed by atoms with Gasteiger partial charge >= 0.3 is 0 Å². The highest BCUT2D eigenvalue weighted by Gasteiger charge is 2.37. The highest BCUT2D eigenvalue weighted by atomic mass is 35.5. The van der Waals surface area contributed by atoms with Crippen LogP contribution in [0.5, 0.6) is 0 Å². The van der Waals surface area contributed by atoms with Crippen LogP contribution in [-0.4, -0.2) is 34.2 Å². The molecule has 0 aromatic heterocycles. The van der Waals surface area contributed by atoms with E-state index in [0.29, 0.717) is 15.9 Å². The molecule has 26 heavy (non-hydrogen) atoms. The summed E-state index contributed by atoms with van der Waals surface area (Å²) in [7, 11) is 1.60. The number of nitrogens with one attached hydrogen (secondary N) is 1. The second-order valence-corrected chi connectivity index (χ2v) is 7.16. The van der Waals surface area contributed by atoms with E-state index in [1.165, 1.54) is 34.9 Å². The number of benzene rings is 2. The van der Waals surface area contributed by atoms with Crippen molar-refractivity contribution in [3.63, 3.8) is 0 Å². The van der Waals surface area contributed by atoms with Crippen molar-refractivity contribution in [2.45, 2.75) is 11.7 Å². The van der Waals surface area contributed by atoms with Gasteiger partial charge in [-0.2, -0.15) is 0 Å². The van der Waals surface area contributed by atoms with Crippen LogP contribution >= 0.6 is 23.4 Å². The number of aliphatic imine (C=N–C) groups is 1. The van der Waals surface area contributed by atoms with E-state index < -0.39 is 17.0 Å². The van der Waals surface area contributed by atoms with Crippen LogP contribution in [0.1, 0.15) is 6.42 Å². The Morgan fingerprint density at radius 2 is 1.96 bits per heavy atom. The van der Waals surface area contributed by atoms with Crippen molar-refractivity contribution in [1.82, 2.24) is 4.90 Å². The van der Waals surface area contributed by atoms with Crippen molar-refractivity contribution in [1.29, 1.82) is 0 Å². The van der Waals surface area contributed by atoms with E-state index in [1.54, 1.807) is 37.4 Å². The number of rotatable bonds is 4.